The van der Waals surface area contributed by atoms with Crippen molar-refractivity contribution in [3.8, 4) is 0 Å². The number of hydrogen-bond acceptors (Lipinski definition) is 8. The van der Waals surface area contributed by atoms with E-state index < -0.39 is 41.8 Å². The Hall–Kier alpha value is -5.59. The molecular formula is C34H40N4O9. The number of carbonyl (C=O) groups is 5. The van der Waals surface area contributed by atoms with Crippen molar-refractivity contribution in [3.63, 3.8) is 0 Å². The fourth-order valence-corrected chi connectivity index (χ4v) is 4.09. The summed E-state index contributed by atoms with van der Waals surface area (Å²) in [5.74, 6) is -1.89. The van der Waals surface area contributed by atoms with Crippen LogP contribution in [0.15, 0.2) is 84.9 Å². The number of amides is 4. The Morgan fingerprint density at radius 2 is 1.34 bits per heavy atom. The summed E-state index contributed by atoms with van der Waals surface area (Å²) in [7, 11) is 0. The van der Waals surface area contributed by atoms with Crippen LogP contribution in [-0.2, 0) is 32.2 Å². The van der Waals surface area contributed by atoms with Crippen molar-refractivity contribution in [2.45, 2.75) is 64.9 Å². The van der Waals surface area contributed by atoms with Crippen LogP contribution in [0.3, 0.4) is 0 Å². The molecule has 13 nitrogen and oxygen atoms in total. The number of carbonyl (C=O) groups excluding carboxylic acids is 4. The first-order valence-electron chi connectivity index (χ1n) is 15.0. The van der Waals surface area contributed by atoms with Crippen LogP contribution in [0.25, 0.3) is 0 Å². The third-order valence-electron chi connectivity index (χ3n) is 6.38. The summed E-state index contributed by atoms with van der Waals surface area (Å²) < 4.78 is 15.8. The molecule has 0 radical (unpaired) electrons. The Kier molecular flexibility index (Phi) is 13.6. The molecule has 1 atom stereocenters. The maximum atomic E-state index is 13.3. The van der Waals surface area contributed by atoms with Crippen molar-refractivity contribution >= 4 is 35.8 Å². The van der Waals surface area contributed by atoms with Crippen LogP contribution in [0, 0.1) is 0 Å². The SMILES string of the molecule is CC(C)(C)OC(=O)NN(C(=O)N[C@H](CCCCNC(=O)OCc1ccccc1)C(=O)O)c1ccc(C(=O)OCc2ccccc2)cc1. The molecule has 47 heavy (non-hydrogen) atoms. The maximum absolute atomic E-state index is 13.3. The van der Waals surface area contributed by atoms with Crippen LogP contribution >= 0.6 is 0 Å². The zero-order valence-corrected chi connectivity index (χ0v) is 26.6. The number of rotatable bonds is 13. The summed E-state index contributed by atoms with van der Waals surface area (Å²) in [5, 5.41) is 15.6. The number of ether oxygens (including phenoxy) is 3. The number of carboxylic acid groups (broad SMARTS) is 1. The molecule has 0 aromatic heterocycles. The lowest BCUT2D eigenvalue weighted by Gasteiger charge is -2.27. The highest BCUT2D eigenvalue weighted by molar-refractivity contribution is 5.97. The lowest BCUT2D eigenvalue weighted by molar-refractivity contribution is -0.139. The lowest BCUT2D eigenvalue weighted by atomic mass is 10.1. The molecule has 13 heteroatoms. The number of carboxylic acids is 1. The van der Waals surface area contributed by atoms with Crippen LogP contribution in [-0.4, -0.2) is 53.5 Å². The number of aliphatic carboxylic acids is 1. The number of anilines is 1. The minimum atomic E-state index is -1.32. The summed E-state index contributed by atoms with van der Waals surface area (Å²) in [4.78, 5) is 62.4. The summed E-state index contributed by atoms with van der Waals surface area (Å²) >= 11 is 0. The van der Waals surface area contributed by atoms with E-state index in [4.69, 9.17) is 14.2 Å². The van der Waals surface area contributed by atoms with Gasteiger partial charge in [0.05, 0.1) is 11.3 Å². The van der Waals surface area contributed by atoms with Gasteiger partial charge >= 0.3 is 30.2 Å². The summed E-state index contributed by atoms with van der Waals surface area (Å²) in [6, 6.07) is 21.7. The number of alkyl carbamates (subject to hydrolysis) is 1. The van der Waals surface area contributed by atoms with Gasteiger partial charge in [0.2, 0.25) is 0 Å². The fourth-order valence-electron chi connectivity index (χ4n) is 4.09. The number of nitrogens with zero attached hydrogens (tertiary/aromatic N) is 1. The first kappa shape index (κ1) is 35.9. The van der Waals surface area contributed by atoms with E-state index in [1.54, 1.807) is 20.8 Å². The topological polar surface area (TPSA) is 173 Å². The number of esters is 1. The van der Waals surface area contributed by atoms with Gasteiger partial charge < -0.3 is 30.0 Å². The van der Waals surface area contributed by atoms with Crippen molar-refractivity contribution < 1.29 is 43.3 Å². The molecule has 4 N–H and O–H groups in total. The number of unbranched alkanes of at least 4 members (excludes halogenated alkanes) is 1. The predicted molar refractivity (Wildman–Crippen MR) is 172 cm³/mol. The Bertz CT molecular complexity index is 1480. The number of nitrogens with one attached hydrogen (secondary N) is 3. The molecule has 3 aromatic rings. The summed E-state index contributed by atoms with van der Waals surface area (Å²) in [5.41, 5.74) is 3.42. The van der Waals surface area contributed by atoms with E-state index in [2.05, 4.69) is 16.1 Å². The molecule has 0 spiro atoms. The first-order chi connectivity index (χ1) is 22.4. The van der Waals surface area contributed by atoms with Gasteiger partial charge in [-0.05, 0) is 75.4 Å². The van der Waals surface area contributed by atoms with Crippen molar-refractivity contribution in [1.29, 1.82) is 0 Å². The highest BCUT2D eigenvalue weighted by Gasteiger charge is 2.27. The zero-order chi connectivity index (χ0) is 34.2. The molecule has 0 saturated heterocycles. The highest BCUT2D eigenvalue weighted by atomic mass is 16.6. The van der Waals surface area contributed by atoms with Gasteiger partial charge in [-0.1, -0.05) is 60.7 Å². The van der Waals surface area contributed by atoms with Crippen LogP contribution in [0.4, 0.5) is 20.1 Å². The molecule has 0 aliphatic rings. The molecule has 0 unspecified atom stereocenters. The summed E-state index contributed by atoms with van der Waals surface area (Å²) in [6.45, 7) is 5.36. The maximum Gasteiger partial charge on any atom is 0.427 e. The minimum Gasteiger partial charge on any atom is -0.480 e. The quantitative estimate of drug-likeness (QED) is 0.0802. The number of urea groups is 1. The third-order valence-corrected chi connectivity index (χ3v) is 6.38. The van der Waals surface area contributed by atoms with E-state index >= 15 is 0 Å². The molecule has 0 fully saturated rings. The van der Waals surface area contributed by atoms with Crippen molar-refractivity contribution in [2.75, 3.05) is 11.6 Å². The van der Waals surface area contributed by atoms with E-state index in [1.165, 1.54) is 24.3 Å². The van der Waals surface area contributed by atoms with Crippen LogP contribution in [0.1, 0.15) is 61.5 Å². The van der Waals surface area contributed by atoms with Crippen LogP contribution in [0.5, 0.6) is 0 Å². The predicted octanol–water partition coefficient (Wildman–Crippen LogP) is 5.55. The smallest absolute Gasteiger partial charge is 0.427 e. The van der Waals surface area contributed by atoms with E-state index in [1.807, 2.05) is 60.7 Å². The second kappa shape index (κ2) is 17.8. The average Bonchev–Trinajstić information content (AvgIpc) is 3.04. The van der Waals surface area contributed by atoms with Gasteiger partial charge in [-0.3, -0.25) is 0 Å². The van der Waals surface area contributed by atoms with Crippen molar-refractivity contribution in [3.05, 3.63) is 102 Å². The fraction of sp³-hybridized carbons (Fsp3) is 0.324. The molecular weight excluding hydrogens is 608 g/mol. The second-order valence-electron chi connectivity index (χ2n) is 11.4. The highest BCUT2D eigenvalue weighted by Crippen LogP contribution is 2.17. The molecule has 0 heterocycles. The Morgan fingerprint density at radius 1 is 0.766 bits per heavy atom. The van der Waals surface area contributed by atoms with Gasteiger partial charge in [-0.2, -0.15) is 0 Å². The number of benzene rings is 3. The van der Waals surface area contributed by atoms with E-state index in [9.17, 15) is 29.1 Å². The van der Waals surface area contributed by atoms with Gasteiger partial charge in [-0.25, -0.2) is 34.4 Å². The molecule has 0 bridgehead atoms. The standard InChI is InChI=1S/C34H40N4O9/c1-34(2,3)47-33(44)37-38(27-19-17-26(18-20-27)30(41)45-22-24-12-6-4-7-13-24)31(42)36-28(29(39)40)16-10-11-21-35-32(43)46-23-25-14-8-5-9-15-25/h4-9,12-15,17-20,28H,10-11,16,21-23H2,1-3H3,(H,35,43)(H,36,42)(H,37,44)(H,39,40)/t28-/m1/s1. The van der Waals surface area contributed by atoms with Crippen molar-refractivity contribution in [1.82, 2.24) is 16.1 Å². The second-order valence-corrected chi connectivity index (χ2v) is 11.4. The van der Waals surface area contributed by atoms with Crippen LogP contribution in [0.2, 0.25) is 0 Å². The lowest BCUT2D eigenvalue weighted by Crippen LogP contribution is -2.55. The minimum absolute atomic E-state index is 0.0360. The Balaban J connectivity index is 1.58. The van der Waals surface area contributed by atoms with Crippen molar-refractivity contribution in [2.24, 2.45) is 0 Å². The van der Waals surface area contributed by atoms with Gasteiger partial charge in [0, 0.05) is 6.54 Å². The summed E-state index contributed by atoms with van der Waals surface area (Å²) in [6.07, 6.45) is -0.765. The molecule has 3 aromatic carbocycles. The van der Waals surface area contributed by atoms with Gasteiger partial charge in [0.1, 0.15) is 24.9 Å². The third kappa shape index (κ3) is 13.1. The molecule has 0 saturated carbocycles. The zero-order valence-electron chi connectivity index (χ0n) is 26.6. The Morgan fingerprint density at radius 3 is 1.89 bits per heavy atom. The molecule has 3 rings (SSSR count). The largest absolute Gasteiger partial charge is 0.480 e. The molecule has 0 aliphatic heterocycles. The normalized spacial score (nSPS) is 11.4. The molecule has 250 valence electrons. The number of hydrogen-bond donors (Lipinski definition) is 4. The van der Waals surface area contributed by atoms with Gasteiger partial charge in [-0.15, -0.1) is 0 Å². The average molecular weight is 649 g/mol. The van der Waals surface area contributed by atoms with E-state index in [0.29, 0.717) is 12.8 Å². The van der Waals surface area contributed by atoms with Crippen LogP contribution < -0.4 is 21.1 Å². The Labute approximate surface area is 273 Å². The number of hydrazine groups is 1. The van der Waals surface area contributed by atoms with Gasteiger partial charge in [0.15, 0.2) is 0 Å². The van der Waals surface area contributed by atoms with E-state index in [-0.39, 0.29) is 37.4 Å². The van der Waals surface area contributed by atoms with Gasteiger partial charge in [0.25, 0.3) is 0 Å². The monoisotopic (exact) mass is 648 g/mol. The molecule has 4 amide bonds. The first-order valence-corrected chi connectivity index (χ1v) is 15.0. The molecule has 0 aliphatic carbocycles. The van der Waals surface area contributed by atoms with E-state index in [0.717, 1.165) is 16.1 Å².